The molecular weight excluding hydrogens is 244 g/mol. The lowest BCUT2D eigenvalue weighted by atomic mass is 9.90. The lowest BCUT2D eigenvalue weighted by Gasteiger charge is -2.26. The molecule has 0 aromatic rings. The van der Waals surface area contributed by atoms with Crippen molar-refractivity contribution in [2.45, 2.75) is 58.6 Å². The number of Topliss-reactive ketones (excluding diaryl/α,β-unsaturated/α-hetero) is 1. The summed E-state index contributed by atoms with van der Waals surface area (Å²) < 4.78 is 5.20. The minimum absolute atomic E-state index is 0.0964. The Bertz CT molecular complexity index is 394. The number of rotatable bonds is 3. The summed E-state index contributed by atoms with van der Waals surface area (Å²) in [6, 6.07) is -0.343. The number of hydrogen-bond donors (Lipinski definition) is 2. The number of carbonyl (C=O) groups excluding carboxylic acids is 2. The second-order valence-corrected chi connectivity index (χ2v) is 5.79. The van der Waals surface area contributed by atoms with Gasteiger partial charge in [0.2, 0.25) is 0 Å². The standard InChI is InChI=1S/C14H24N2O3/c1-9(16-13(18)19-14(2,3)4)12-10(15-5)7-6-8-11(12)17/h9,15H,6-8H2,1-5H3,(H,16,18). The van der Waals surface area contributed by atoms with Crippen LogP contribution in [0.4, 0.5) is 4.79 Å². The highest BCUT2D eigenvalue weighted by Gasteiger charge is 2.27. The van der Waals surface area contributed by atoms with Gasteiger partial charge in [-0.25, -0.2) is 4.79 Å². The van der Waals surface area contributed by atoms with Crippen molar-refractivity contribution in [2.24, 2.45) is 0 Å². The lowest BCUT2D eigenvalue weighted by molar-refractivity contribution is -0.116. The van der Waals surface area contributed by atoms with Crippen molar-refractivity contribution in [3.8, 4) is 0 Å². The molecular formula is C14H24N2O3. The molecule has 19 heavy (non-hydrogen) atoms. The van der Waals surface area contributed by atoms with Gasteiger partial charge in [0.1, 0.15) is 5.60 Å². The first kappa shape index (κ1) is 15.5. The Labute approximate surface area is 114 Å². The average molecular weight is 268 g/mol. The van der Waals surface area contributed by atoms with Crippen LogP contribution in [0.5, 0.6) is 0 Å². The fourth-order valence-electron chi connectivity index (χ4n) is 2.18. The van der Waals surface area contributed by atoms with Crippen molar-refractivity contribution >= 4 is 11.9 Å². The monoisotopic (exact) mass is 268 g/mol. The molecule has 0 saturated heterocycles. The van der Waals surface area contributed by atoms with Gasteiger partial charge in [-0.05, 0) is 40.5 Å². The van der Waals surface area contributed by atoms with Crippen LogP contribution in [-0.2, 0) is 9.53 Å². The highest BCUT2D eigenvalue weighted by Crippen LogP contribution is 2.22. The van der Waals surface area contributed by atoms with E-state index in [-0.39, 0.29) is 11.8 Å². The second-order valence-electron chi connectivity index (χ2n) is 5.79. The molecule has 1 rings (SSSR count). The highest BCUT2D eigenvalue weighted by molar-refractivity contribution is 5.98. The molecule has 0 fully saturated rings. The van der Waals surface area contributed by atoms with Crippen LogP contribution in [0.3, 0.4) is 0 Å². The van der Waals surface area contributed by atoms with E-state index in [1.54, 1.807) is 34.7 Å². The maximum absolute atomic E-state index is 12.0. The molecule has 2 N–H and O–H groups in total. The van der Waals surface area contributed by atoms with Crippen LogP contribution in [0.2, 0.25) is 0 Å². The number of ketones is 1. The van der Waals surface area contributed by atoms with Crippen molar-refractivity contribution in [3.63, 3.8) is 0 Å². The summed E-state index contributed by atoms with van der Waals surface area (Å²) in [6.07, 6.45) is 1.75. The fraction of sp³-hybridized carbons (Fsp3) is 0.714. The van der Waals surface area contributed by atoms with Crippen molar-refractivity contribution < 1.29 is 14.3 Å². The topological polar surface area (TPSA) is 67.4 Å². The lowest BCUT2D eigenvalue weighted by Crippen LogP contribution is -2.41. The Morgan fingerprint density at radius 1 is 1.32 bits per heavy atom. The largest absolute Gasteiger partial charge is 0.444 e. The first-order chi connectivity index (χ1) is 8.74. The molecule has 0 aromatic carbocycles. The molecule has 0 heterocycles. The summed E-state index contributed by atoms with van der Waals surface area (Å²) in [7, 11) is 1.80. The zero-order valence-corrected chi connectivity index (χ0v) is 12.4. The maximum Gasteiger partial charge on any atom is 0.408 e. The van der Waals surface area contributed by atoms with E-state index >= 15 is 0 Å². The summed E-state index contributed by atoms with van der Waals surface area (Å²) >= 11 is 0. The van der Waals surface area contributed by atoms with Gasteiger partial charge in [0.15, 0.2) is 5.78 Å². The number of allylic oxidation sites excluding steroid dienone is 1. The molecule has 0 aromatic heterocycles. The maximum atomic E-state index is 12.0. The van der Waals surface area contributed by atoms with Gasteiger partial charge in [0.25, 0.3) is 0 Å². The molecule has 1 aliphatic rings. The van der Waals surface area contributed by atoms with E-state index in [1.807, 2.05) is 0 Å². The number of hydrogen-bond acceptors (Lipinski definition) is 4. The zero-order valence-electron chi connectivity index (χ0n) is 12.4. The molecule has 0 aliphatic heterocycles. The zero-order chi connectivity index (χ0) is 14.6. The molecule has 0 spiro atoms. The van der Waals surface area contributed by atoms with Crippen molar-refractivity contribution in [1.82, 2.24) is 10.6 Å². The van der Waals surface area contributed by atoms with E-state index < -0.39 is 11.7 Å². The summed E-state index contributed by atoms with van der Waals surface area (Å²) in [5.41, 5.74) is 1.04. The number of amides is 1. The normalized spacial score (nSPS) is 18.1. The number of carbonyl (C=O) groups is 2. The first-order valence-corrected chi connectivity index (χ1v) is 6.68. The summed E-state index contributed by atoms with van der Waals surface area (Å²) in [6.45, 7) is 7.23. The van der Waals surface area contributed by atoms with E-state index in [2.05, 4.69) is 10.6 Å². The third-order valence-corrected chi connectivity index (χ3v) is 2.92. The third kappa shape index (κ3) is 4.58. The third-order valence-electron chi connectivity index (χ3n) is 2.92. The van der Waals surface area contributed by atoms with Gasteiger partial charge in [-0.15, -0.1) is 0 Å². The van der Waals surface area contributed by atoms with Crippen molar-refractivity contribution in [2.75, 3.05) is 7.05 Å². The fourth-order valence-corrected chi connectivity index (χ4v) is 2.18. The molecule has 1 aliphatic carbocycles. The Morgan fingerprint density at radius 3 is 2.47 bits per heavy atom. The molecule has 0 radical (unpaired) electrons. The molecule has 1 atom stereocenters. The van der Waals surface area contributed by atoms with Gasteiger partial charge < -0.3 is 15.4 Å². The smallest absolute Gasteiger partial charge is 0.408 e. The van der Waals surface area contributed by atoms with Crippen LogP contribution in [0.25, 0.3) is 0 Å². The Kier molecular flexibility index (Phi) is 4.97. The minimum atomic E-state index is -0.541. The SMILES string of the molecule is CNC1=C(C(C)NC(=O)OC(C)(C)C)C(=O)CCC1. The molecule has 1 amide bonds. The molecule has 0 saturated carbocycles. The van der Waals surface area contributed by atoms with Crippen molar-refractivity contribution in [3.05, 3.63) is 11.3 Å². The van der Waals surface area contributed by atoms with Gasteiger partial charge in [-0.3, -0.25) is 4.79 Å². The van der Waals surface area contributed by atoms with Crippen LogP contribution < -0.4 is 10.6 Å². The summed E-state index contributed by atoms with van der Waals surface area (Å²) in [5, 5.41) is 5.77. The van der Waals surface area contributed by atoms with Crippen molar-refractivity contribution in [1.29, 1.82) is 0 Å². The van der Waals surface area contributed by atoms with E-state index in [9.17, 15) is 9.59 Å². The molecule has 5 heteroatoms. The van der Waals surface area contributed by atoms with Gasteiger partial charge >= 0.3 is 6.09 Å². The van der Waals surface area contributed by atoms with E-state index in [1.165, 1.54) is 0 Å². The Hall–Kier alpha value is -1.52. The first-order valence-electron chi connectivity index (χ1n) is 6.68. The summed E-state index contributed by atoms with van der Waals surface area (Å²) in [5.74, 6) is 0.0964. The van der Waals surface area contributed by atoms with E-state index in [0.29, 0.717) is 12.0 Å². The quantitative estimate of drug-likeness (QED) is 0.823. The van der Waals surface area contributed by atoms with E-state index in [0.717, 1.165) is 18.5 Å². The van der Waals surface area contributed by atoms with Crippen LogP contribution >= 0.6 is 0 Å². The van der Waals surface area contributed by atoms with E-state index in [4.69, 9.17) is 4.74 Å². The minimum Gasteiger partial charge on any atom is -0.444 e. The van der Waals surface area contributed by atoms with Crippen LogP contribution in [-0.4, -0.2) is 30.6 Å². The highest BCUT2D eigenvalue weighted by atomic mass is 16.6. The van der Waals surface area contributed by atoms with Gasteiger partial charge in [-0.2, -0.15) is 0 Å². The van der Waals surface area contributed by atoms with Gasteiger partial charge in [0.05, 0.1) is 6.04 Å². The van der Waals surface area contributed by atoms with Gasteiger partial charge in [-0.1, -0.05) is 0 Å². The van der Waals surface area contributed by atoms with Crippen LogP contribution in [0.1, 0.15) is 47.0 Å². The molecule has 5 nitrogen and oxygen atoms in total. The Balaban J connectivity index is 2.76. The predicted molar refractivity (Wildman–Crippen MR) is 73.8 cm³/mol. The number of alkyl carbamates (subject to hydrolysis) is 1. The molecule has 0 bridgehead atoms. The predicted octanol–water partition coefficient (Wildman–Crippen LogP) is 2.13. The molecule has 108 valence electrons. The number of ether oxygens (including phenoxy) is 1. The molecule has 1 unspecified atom stereocenters. The Morgan fingerprint density at radius 2 is 1.95 bits per heavy atom. The van der Waals surface area contributed by atoms with Crippen LogP contribution in [0, 0.1) is 0 Å². The van der Waals surface area contributed by atoms with Gasteiger partial charge in [0, 0.05) is 24.7 Å². The average Bonchev–Trinajstić information content (AvgIpc) is 2.25. The number of nitrogens with one attached hydrogen (secondary N) is 2. The summed E-state index contributed by atoms with van der Waals surface area (Å²) in [4.78, 5) is 23.7. The second kappa shape index (κ2) is 6.08. The van der Waals surface area contributed by atoms with Crippen LogP contribution in [0.15, 0.2) is 11.3 Å².